The number of piperidine rings is 1. The van der Waals surface area contributed by atoms with Crippen molar-refractivity contribution in [2.75, 3.05) is 30.8 Å². The van der Waals surface area contributed by atoms with Gasteiger partial charge >= 0.3 is 0 Å². The van der Waals surface area contributed by atoms with E-state index in [1.165, 1.54) is 6.20 Å². The SMILES string of the molecule is CN1CCC(n2cc(Nc3nc(NC4(C)CC4)c4c(=O)n(CC(F)F)ccc4n3)cn2)CC1. The molecule has 1 saturated carbocycles. The molecule has 9 nitrogen and oxygen atoms in total. The fraction of sp³-hybridized carbons (Fsp3) is 0.545. The molecular weight excluding hydrogens is 430 g/mol. The van der Waals surface area contributed by atoms with Crippen LogP contribution in [0.5, 0.6) is 0 Å². The van der Waals surface area contributed by atoms with E-state index in [-0.39, 0.29) is 10.9 Å². The van der Waals surface area contributed by atoms with Gasteiger partial charge in [0, 0.05) is 17.9 Å². The molecule has 33 heavy (non-hydrogen) atoms. The first-order valence-corrected chi connectivity index (χ1v) is 11.3. The third kappa shape index (κ3) is 4.68. The molecule has 11 heteroatoms. The minimum absolute atomic E-state index is 0.159. The highest BCUT2D eigenvalue weighted by molar-refractivity contribution is 5.90. The summed E-state index contributed by atoms with van der Waals surface area (Å²) in [5, 5.41) is 11.2. The Bertz CT molecular complexity index is 1210. The van der Waals surface area contributed by atoms with E-state index in [4.69, 9.17) is 0 Å². The number of nitrogens with one attached hydrogen (secondary N) is 2. The zero-order valence-corrected chi connectivity index (χ0v) is 18.8. The summed E-state index contributed by atoms with van der Waals surface area (Å²) in [6.07, 6.45) is 6.39. The van der Waals surface area contributed by atoms with Gasteiger partial charge in [0.15, 0.2) is 0 Å². The number of nitrogens with zero attached hydrogens (tertiary/aromatic N) is 6. The molecule has 4 heterocycles. The molecule has 0 spiro atoms. The van der Waals surface area contributed by atoms with Crippen LogP contribution in [-0.2, 0) is 6.54 Å². The van der Waals surface area contributed by atoms with Crippen molar-refractivity contribution in [1.29, 1.82) is 0 Å². The van der Waals surface area contributed by atoms with Crippen LogP contribution in [0.4, 0.5) is 26.2 Å². The fourth-order valence-corrected chi connectivity index (χ4v) is 4.21. The summed E-state index contributed by atoms with van der Waals surface area (Å²) in [7, 11) is 2.12. The summed E-state index contributed by atoms with van der Waals surface area (Å²) < 4.78 is 28.8. The quantitative estimate of drug-likeness (QED) is 0.562. The Balaban J connectivity index is 1.46. The lowest BCUT2D eigenvalue weighted by Gasteiger charge is -2.28. The van der Waals surface area contributed by atoms with E-state index in [2.05, 4.69) is 37.6 Å². The second-order valence-corrected chi connectivity index (χ2v) is 9.37. The summed E-state index contributed by atoms with van der Waals surface area (Å²) >= 11 is 0. The van der Waals surface area contributed by atoms with Gasteiger partial charge in [0.05, 0.1) is 30.0 Å². The normalized spacial score (nSPS) is 18.7. The summed E-state index contributed by atoms with van der Waals surface area (Å²) in [5.74, 6) is 0.682. The molecule has 2 N–H and O–H groups in total. The maximum absolute atomic E-state index is 12.9. The molecule has 0 bridgehead atoms. The van der Waals surface area contributed by atoms with E-state index in [0.717, 1.165) is 49.0 Å². The van der Waals surface area contributed by atoms with Gasteiger partial charge in [0.1, 0.15) is 11.2 Å². The van der Waals surface area contributed by atoms with Crippen LogP contribution in [0.15, 0.2) is 29.5 Å². The largest absolute Gasteiger partial charge is 0.364 e. The highest BCUT2D eigenvalue weighted by Gasteiger charge is 2.38. The van der Waals surface area contributed by atoms with Gasteiger partial charge in [-0.05, 0) is 58.8 Å². The van der Waals surface area contributed by atoms with Gasteiger partial charge in [0.25, 0.3) is 12.0 Å². The van der Waals surface area contributed by atoms with Crippen LogP contribution < -0.4 is 16.2 Å². The van der Waals surface area contributed by atoms with Gasteiger partial charge < -0.3 is 20.1 Å². The van der Waals surface area contributed by atoms with Crippen LogP contribution >= 0.6 is 0 Å². The molecular formula is C22H28F2N8O. The van der Waals surface area contributed by atoms with Crippen LogP contribution in [0.3, 0.4) is 0 Å². The molecule has 0 radical (unpaired) electrons. The van der Waals surface area contributed by atoms with Crippen LogP contribution in [-0.4, -0.2) is 61.3 Å². The summed E-state index contributed by atoms with van der Waals surface area (Å²) in [5.41, 5.74) is 0.467. The second kappa shape index (κ2) is 8.36. The average molecular weight is 459 g/mol. The van der Waals surface area contributed by atoms with Crippen molar-refractivity contribution in [3.05, 3.63) is 35.0 Å². The topological polar surface area (TPSA) is 92.9 Å². The molecule has 176 valence electrons. The predicted molar refractivity (Wildman–Crippen MR) is 122 cm³/mol. The molecule has 5 rings (SSSR count). The lowest BCUT2D eigenvalue weighted by Crippen LogP contribution is -2.31. The molecule has 0 aromatic carbocycles. The van der Waals surface area contributed by atoms with Crippen molar-refractivity contribution in [1.82, 2.24) is 29.2 Å². The van der Waals surface area contributed by atoms with Crippen LogP contribution in [0, 0.1) is 0 Å². The van der Waals surface area contributed by atoms with Crippen LogP contribution in [0.2, 0.25) is 0 Å². The van der Waals surface area contributed by atoms with Gasteiger partial charge in [-0.2, -0.15) is 10.1 Å². The van der Waals surface area contributed by atoms with Crippen LogP contribution in [0.1, 0.15) is 38.6 Å². The standard InChI is InChI=1S/C22H28F2N8O/c1-22(6-7-22)29-19-18-16(5-10-31(20(18)33)13-17(23)24)27-21(28-19)26-14-11-25-32(12-14)15-3-8-30(2)9-4-15/h5,10-12,15,17H,3-4,6-9,13H2,1-2H3,(H2,26,27,28,29). The number of hydrogen-bond acceptors (Lipinski definition) is 7. The van der Waals surface area contributed by atoms with Crippen molar-refractivity contribution in [3.63, 3.8) is 0 Å². The number of likely N-dealkylation sites (tertiary alicyclic amines) is 1. The number of fused-ring (bicyclic) bond motifs is 1. The maximum Gasteiger partial charge on any atom is 0.263 e. The van der Waals surface area contributed by atoms with Gasteiger partial charge in [0.2, 0.25) is 5.95 Å². The van der Waals surface area contributed by atoms with Gasteiger partial charge in [-0.25, -0.2) is 13.8 Å². The molecule has 1 aliphatic carbocycles. The highest BCUT2D eigenvalue weighted by atomic mass is 19.3. The Morgan fingerprint density at radius 3 is 2.70 bits per heavy atom. The van der Waals surface area contributed by atoms with E-state index >= 15 is 0 Å². The molecule has 3 aromatic rings. The fourth-order valence-electron chi connectivity index (χ4n) is 4.21. The minimum Gasteiger partial charge on any atom is -0.364 e. The van der Waals surface area contributed by atoms with Gasteiger partial charge in [-0.15, -0.1) is 0 Å². The summed E-state index contributed by atoms with van der Waals surface area (Å²) in [6.45, 7) is 3.46. The minimum atomic E-state index is -2.62. The molecule has 2 fully saturated rings. The Morgan fingerprint density at radius 1 is 1.24 bits per heavy atom. The van der Waals surface area contributed by atoms with E-state index in [9.17, 15) is 13.6 Å². The first kappa shape index (κ1) is 21.7. The predicted octanol–water partition coefficient (Wildman–Crippen LogP) is 3.23. The Kier molecular flexibility index (Phi) is 5.51. The lowest BCUT2D eigenvalue weighted by atomic mass is 10.1. The summed E-state index contributed by atoms with van der Waals surface area (Å²) in [4.78, 5) is 24.3. The van der Waals surface area contributed by atoms with E-state index in [0.29, 0.717) is 23.3 Å². The Morgan fingerprint density at radius 2 is 2.00 bits per heavy atom. The van der Waals surface area contributed by atoms with E-state index in [1.54, 1.807) is 12.3 Å². The number of rotatable bonds is 7. The van der Waals surface area contributed by atoms with Crippen molar-refractivity contribution in [2.24, 2.45) is 0 Å². The number of aromatic nitrogens is 5. The summed E-state index contributed by atoms with van der Waals surface area (Å²) in [6, 6.07) is 1.93. The lowest BCUT2D eigenvalue weighted by molar-refractivity contribution is 0.125. The number of anilines is 3. The molecule has 1 saturated heterocycles. The third-order valence-corrected chi connectivity index (χ3v) is 6.50. The number of halogens is 2. The molecule has 0 amide bonds. The zero-order valence-electron chi connectivity index (χ0n) is 18.8. The maximum atomic E-state index is 12.9. The average Bonchev–Trinajstić information content (AvgIpc) is 3.30. The Labute approximate surface area is 189 Å². The molecule has 1 aliphatic heterocycles. The highest BCUT2D eigenvalue weighted by Crippen LogP contribution is 2.39. The van der Waals surface area contributed by atoms with Crippen molar-refractivity contribution < 1.29 is 8.78 Å². The molecule has 3 aromatic heterocycles. The monoisotopic (exact) mass is 458 g/mol. The van der Waals surface area contributed by atoms with E-state index < -0.39 is 18.5 Å². The van der Waals surface area contributed by atoms with Crippen LogP contribution in [0.25, 0.3) is 10.9 Å². The van der Waals surface area contributed by atoms with Crippen molar-refractivity contribution in [2.45, 2.75) is 57.2 Å². The number of pyridine rings is 1. The van der Waals surface area contributed by atoms with Gasteiger partial charge in [-0.3, -0.25) is 9.48 Å². The number of hydrogen-bond donors (Lipinski definition) is 2. The third-order valence-electron chi connectivity index (χ3n) is 6.50. The molecule has 0 atom stereocenters. The zero-order chi connectivity index (χ0) is 23.2. The first-order chi connectivity index (χ1) is 15.8. The number of alkyl halides is 2. The molecule has 0 unspecified atom stereocenters. The van der Waals surface area contributed by atoms with Crippen molar-refractivity contribution >= 4 is 28.4 Å². The van der Waals surface area contributed by atoms with Crippen molar-refractivity contribution in [3.8, 4) is 0 Å². The first-order valence-electron chi connectivity index (χ1n) is 11.3. The van der Waals surface area contributed by atoms with Gasteiger partial charge in [-0.1, -0.05) is 0 Å². The van der Waals surface area contributed by atoms with E-state index in [1.807, 2.05) is 17.8 Å². The molecule has 2 aliphatic rings. The second-order valence-electron chi connectivity index (χ2n) is 9.37. The smallest absolute Gasteiger partial charge is 0.263 e. The Hall–Kier alpha value is -3.08.